The summed E-state index contributed by atoms with van der Waals surface area (Å²) >= 11 is 0. The second-order valence-electron chi connectivity index (χ2n) is 5.05. The van der Waals surface area contributed by atoms with Crippen molar-refractivity contribution in [1.82, 2.24) is 0 Å². The summed E-state index contributed by atoms with van der Waals surface area (Å²) in [6, 6.07) is 0. The molecular formula is C11H18O3. The number of fused-ring (bicyclic) bond motifs is 1. The van der Waals surface area contributed by atoms with Crippen molar-refractivity contribution in [1.29, 1.82) is 0 Å². The Morgan fingerprint density at radius 2 is 2.21 bits per heavy atom. The van der Waals surface area contributed by atoms with Gasteiger partial charge in [0.1, 0.15) is 11.7 Å². The largest absolute Gasteiger partial charge is 0.509 e. The van der Waals surface area contributed by atoms with Crippen LogP contribution in [-0.2, 0) is 9.47 Å². The summed E-state index contributed by atoms with van der Waals surface area (Å²) in [5, 5.41) is 0. The summed E-state index contributed by atoms with van der Waals surface area (Å²) in [7, 11) is 0. The van der Waals surface area contributed by atoms with Gasteiger partial charge in [-0.3, -0.25) is 0 Å². The van der Waals surface area contributed by atoms with Gasteiger partial charge in [-0.15, -0.1) is 0 Å². The van der Waals surface area contributed by atoms with Crippen LogP contribution in [0.25, 0.3) is 0 Å². The number of ether oxygens (including phenoxy) is 2. The zero-order valence-electron chi connectivity index (χ0n) is 9.08. The molecule has 1 heterocycles. The van der Waals surface area contributed by atoms with Crippen LogP contribution in [0.5, 0.6) is 0 Å². The highest BCUT2D eigenvalue weighted by Crippen LogP contribution is 2.43. The average Bonchev–Trinajstić information content (AvgIpc) is 2.37. The van der Waals surface area contributed by atoms with Crippen molar-refractivity contribution in [2.45, 2.75) is 51.7 Å². The van der Waals surface area contributed by atoms with Crippen molar-refractivity contribution < 1.29 is 14.3 Å². The van der Waals surface area contributed by atoms with Crippen LogP contribution in [0.2, 0.25) is 0 Å². The lowest BCUT2D eigenvalue weighted by Crippen LogP contribution is -2.43. The third kappa shape index (κ3) is 1.49. The molecule has 1 aliphatic heterocycles. The Bertz CT molecular complexity index is 249. The lowest BCUT2D eigenvalue weighted by atomic mass is 9.73. The van der Waals surface area contributed by atoms with Crippen molar-refractivity contribution in [3.8, 4) is 0 Å². The van der Waals surface area contributed by atoms with Crippen LogP contribution in [0.3, 0.4) is 0 Å². The minimum Gasteiger partial charge on any atom is -0.427 e. The predicted molar refractivity (Wildman–Crippen MR) is 51.9 cm³/mol. The maximum absolute atomic E-state index is 11.0. The Morgan fingerprint density at radius 1 is 1.50 bits per heavy atom. The molecule has 0 bridgehead atoms. The Morgan fingerprint density at radius 3 is 2.86 bits per heavy atom. The van der Waals surface area contributed by atoms with E-state index in [-0.39, 0.29) is 11.7 Å². The van der Waals surface area contributed by atoms with Gasteiger partial charge in [0.25, 0.3) is 0 Å². The molecule has 0 aromatic carbocycles. The van der Waals surface area contributed by atoms with Crippen LogP contribution in [-0.4, -0.2) is 17.9 Å². The van der Waals surface area contributed by atoms with Gasteiger partial charge < -0.3 is 9.47 Å². The zero-order chi connectivity index (χ0) is 10.3. The summed E-state index contributed by atoms with van der Waals surface area (Å²) in [5.74, 6) is 1.33. The second-order valence-corrected chi connectivity index (χ2v) is 5.05. The molecule has 2 aliphatic rings. The van der Waals surface area contributed by atoms with Crippen LogP contribution >= 0.6 is 0 Å². The third-order valence-electron chi connectivity index (χ3n) is 3.71. The van der Waals surface area contributed by atoms with E-state index in [0.717, 1.165) is 19.3 Å². The van der Waals surface area contributed by atoms with Crippen molar-refractivity contribution in [3.05, 3.63) is 0 Å². The highest BCUT2D eigenvalue weighted by atomic mass is 16.8. The van der Waals surface area contributed by atoms with Gasteiger partial charge in [0.05, 0.1) is 0 Å². The van der Waals surface area contributed by atoms with E-state index in [9.17, 15) is 4.79 Å². The van der Waals surface area contributed by atoms with Crippen LogP contribution < -0.4 is 0 Å². The van der Waals surface area contributed by atoms with E-state index < -0.39 is 6.16 Å². The highest BCUT2D eigenvalue weighted by molar-refractivity contribution is 5.63. The highest BCUT2D eigenvalue weighted by Gasteiger charge is 2.51. The number of hydrogen-bond donors (Lipinski definition) is 0. The first-order valence-electron chi connectivity index (χ1n) is 5.41. The summed E-state index contributed by atoms with van der Waals surface area (Å²) in [6.07, 6.45) is 2.53. The van der Waals surface area contributed by atoms with Gasteiger partial charge in [-0.25, -0.2) is 4.79 Å². The van der Waals surface area contributed by atoms with Gasteiger partial charge in [0.15, 0.2) is 0 Å². The molecule has 3 nitrogen and oxygen atoms in total. The molecular weight excluding hydrogens is 180 g/mol. The molecule has 3 atom stereocenters. The number of carbonyl (C=O) groups is 1. The molecule has 0 amide bonds. The fourth-order valence-electron chi connectivity index (χ4n) is 2.50. The van der Waals surface area contributed by atoms with Crippen molar-refractivity contribution in [2.24, 2.45) is 11.8 Å². The lowest BCUT2D eigenvalue weighted by molar-refractivity contribution is -0.0114. The molecule has 1 saturated heterocycles. The van der Waals surface area contributed by atoms with Crippen LogP contribution in [0.4, 0.5) is 4.79 Å². The van der Waals surface area contributed by atoms with E-state index in [1.165, 1.54) is 0 Å². The minimum atomic E-state index is -0.484. The topological polar surface area (TPSA) is 35.5 Å². The molecule has 2 fully saturated rings. The van der Waals surface area contributed by atoms with E-state index in [1.807, 2.05) is 6.92 Å². The fraction of sp³-hybridized carbons (Fsp3) is 0.909. The molecule has 80 valence electrons. The summed E-state index contributed by atoms with van der Waals surface area (Å²) in [5.41, 5.74) is -0.345. The standard InChI is InChI=1S/C11H18O3/c1-7(2)8-4-5-11(3)9(6-8)13-10(12)14-11/h7-9H,4-6H2,1-3H3. The van der Waals surface area contributed by atoms with Crippen LogP contribution in [0.1, 0.15) is 40.0 Å². The Balaban J connectivity index is 2.08. The number of rotatable bonds is 1. The summed E-state index contributed by atoms with van der Waals surface area (Å²) in [4.78, 5) is 11.0. The molecule has 1 saturated carbocycles. The third-order valence-corrected chi connectivity index (χ3v) is 3.71. The molecule has 1 aliphatic carbocycles. The van der Waals surface area contributed by atoms with Crippen molar-refractivity contribution >= 4 is 6.16 Å². The molecule has 3 heteroatoms. The molecule has 0 spiro atoms. The van der Waals surface area contributed by atoms with Crippen molar-refractivity contribution in [2.75, 3.05) is 0 Å². The van der Waals surface area contributed by atoms with Gasteiger partial charge >= 0.3 is 6.16 Å². The summed E-state index contributed by atoms with van der Waals surface area (Å²) < 4.78 is 10.4. The maximum atomic E-state index is 11.0. The van der Waals surface area contributed by atoms with Crippen LogP contribution in [0, 0.1) is 11.8 Å². The second kappa shape index (κ2) is 3.14. The maximum Gasteiger partial charge on any atom is 0.509 e. The Kier molecular flexibility index (Phi) is 2.20. The average molecular weight is 198 g/mol. The predicted octanol–water partition coefficient (Wildman–Crippen LogP) is 2.74. The minimum absolute atomic E-state index is 0.0175. The van der Waals surface area contributed by atoms with Crippen molar-refractivity contribution in [3.63, 3.8) is 0 Å². The SMILES string of the molecule is CC(C)C1CCC2(C)OC(=O)OC2C1. The van der Waals surface area contributed by atoms with E-state index in [4.69, 9.17) is 9.47 Å². The first kappa shape index (κ1) is 9.81. The molecule has 0 aromatic heterocycles. The molecule has 3 unspecified atom stereocenters. The molecule has 14 heavy (non-hydrogen) atoms. The lowest BCUT2D eigenvalue weighted by Gasteiger charge is -2.37. The first-order chi connectivity index (χ1) is 6.51. The van der Waals surface area contributed by atoms with Gasteiger partial charge in [-0.1, -0.05) is 13.8 Å². The quantitative estimate of drug-likeness (QED) is 0.608. The van der Waals surface area contributed by atoms with Gasteiger partial charge in [-0.2, -0.15) is 0 Å². The smallest absolute Gasteiger partial charge is 0.427 e. The Hall–Kier alpha value is -0.730. The van der Waals surface area contributed by atoms with E-state index >= 15 is 0 Å². The molecule has 0 aromatic rings. The molecule has 0 N–H and O–H groups in total. The zero-order valence-corrected chi connectivity index (χ0v) is 9.08. The molecule has 2 rings (SSSR count). The monoisotopic (exact) mass is 198 g/mol. The molecule has 0 radical (unpaired) electrons. The van der Waals surface area contributed by atoms with Crippen LogP contribution in [0.15, 0.2) is 0 Å². The Labute approximate surface area is 84.8 Å². The van der Waals surface area contributed by atoms with E-state index in [1.54, 1.807) is 0 Å². The fourth-order valence-corrected chi connectivity index (χ4v) is 2.50. The number of hydrogen-bond acceptors (Lipinski definition) is 3. The normalized spacial score (nSPS) is 41.9. The summed E-state index contributed by atoms with van der Waals surface area (Å²) in [6.45, 7) is 6.44. The van der Waals surface area contributed by atoms with E-state index in [0.29, 0.717) is 11.8 Å². The van der Waals surface area contributed by atoms with Gasteiger partial charge in [-0.05, 0) is 38.0 Å². The first-order valence-corrected chi connectivity index (χ1v) is 5.41. The van der Waals surface area contributed by atoms with Gasteiger partial charge in [0.2, 0.25) is 0 Å². The van der Waals surface area contributed by atoms with E-state index in [2.05, 4.69) is 13.8 Å². The number of carbonyl (C=O) groups excluding carboxylic acids is 1. The van der Waals surface area contributed by atoms with Gasteiger partial charge in [0, 0.05) is 0 Å².